The minimum Gasteiger partial charge on any atom is -0.591 e. The number of fused-ring (bicyclic) bond motifs is 1. The molecule has 0 bridgehead atoms. The van der Waals surface area contributed by atoms with Gasteiger partial charge in [-0.15, -0.1) is 0 Å². The Labute approximate surface area is 110 Å². The summed E-state index contributed by atoms with van der Waals surface area (Å²) in [5.41, 5.74) is 0.943. The summed E-state index contributed by atoms with van der Waals surface area (Å²) in [5, 5.41) is 2.13. The molecular weight excluding hydrogens is 244 g/mol. The maximum atomic E-state index is 11.9. The molecule has 0 radical (unpaired) electrons. The second-order valence-corrected chi connectivity index (χ2v) is 6.97. The molecule has 0 amide bonds. The molecule has 2 aromatic rings. The topological polar surface area (TPSA) is 48.3 Å². The van der Waals surface area contributed by atoms with Crippen molar-refractivity contribution in [1.82, 2.24) is 4.98 Å². The first kappa shape index (κ1) is 13.1. The van der Waals surface area contributed by atoms with Gasteiger partial charge in [0.15, 0.2) is 0 Å². The Bertz CT molecular complexity index is 570. The minimum atomic E-state index is -1.23. The molecule has 0 saturated heterocycles. The van der Waals surface area contributed by atoms with Gasteiger partial charge in [-0.05, 0) is 32.2 Å². The van der Waals surface area contributed by atoms with Crippen molar-refractivity contribution in [3.05, 3.63) is 42.2 Å². The van der Waals surface area contributed by atoms with Crippen molar-refractivity contribution in [3.63, 3.8) is 0 Å². The van der Waals surface area contributed by atoms with Crippen LogP contribution in [-0.4, -0.2) is 20.5 Å². The molecule has 0 aliphatic heterocycles. The van der Waals surface area contributed by atoms with E-state index in [4.69, 9.17) is 0 Å². The second kappa shape index (κ2) is 5.08. The van der Waals surface area contributed by atoms with Gasteiger partial charge in [0.25, 0.3) is 0 Å². The van der Waals surface area contributed by atoms with Crippen molar-refractivity contribution < 1.29 is 4.55 Å². The highest BCUT2D eigenvalue weighted by Crippen LogP contribution is 2.19. The highest BCUT2D eigenvalue weighted by atomic mass is 32.2. The Morgan fingerprint density at radius 2 is 2.06 bits per heavy atom. The van der Waals surface area contributed by atoms with Crippen LogP contribution < -0.4 is 0 Å². The van der Waals surface area contributed by atoms with Gasteiger partial charge >= 0.3 is 0 Å². The van der Waals surface area contributed by atoms with Crippen LogP contribution in [0.25, 0.3) is 10.8 Å². The fourth-order valence-electron chi connectivity index (χ4n) is 1.51. The van der Waals surface area contributed by atoms with Crippen molar-refractivity contribution in [3.8, 4) is 0 Å². The van der Waals surface area contributed by atoms with Gasteiger partial charge in [-0.25, -0.2) is 0 Å². The van der Waals surface area contributed by atoms with Crippen molar-refractivity contribution in [1.29, 1.82) is 0 Å². The molecule has 1 heterocycles. The third-order valence-corrected chi connectivity index (χ3v) is 3.87. The summed E-state index contributed by atoms with van der Waals surface area (Å²) in [6.45, 7) is 5.72. The molecule has 2 rings (SSSR count). The molecule has 0 aliphatic rings. The lowest BCUT2D eigenvalue weighted by Crippen LogP contribution is -2.25. The van der Waals surface area contributed by atoms with Gasteiger partial charge in [-0.3, -0.25) is 4.98 Å². The van der Waals surface area contributed by atoms with Crippen molar-refractivity contribution in [2.24, 2.45) is 4.40 Å². The van der Waals surface area contributed by atoms with Crippen LogP contribution in [0.5, 0.6) is 0 Å². The largest absolute Gasteiger partial charge is 0.591 e. The van der Waals surface area contributed by atoms with Crippen LogP contribution in [-0.2, 0) is 11.4 Å². The monoisotopic (exact) mass is 260 g/mol. The zero-order valence-electron chi connectivity index (χ0n) is 10.8. The lowest BCUT2D eigenvalue weighted by Gasteiger charge is -2.17. The quantitative estimate of drug-likeness (QED) is 0.615. The normalized spacial score (nSPS) is 14.2. The Balaban J connectivity index is 2.35. The smallest absolute Gasteiger partial charge is 0.144 e. The summed E-state index contributed by atoms with van der Waals surface area (Å²) >= 11 is -1.23. The third-order valence-electron chi connectivity index (χ3n) is 2.53. The van der Waals surface area contributed by atoms with E-state index < -0.39 is 11.4 Å². The predicted octanol–water partition coefficient (Wildman–Crippen LogP) is 3.12. The number of hydrogen-bond donors (Lipinski definition) is 0. The van der Waals surface area contributed by atoms with E-state index in [1.54, 1.807) is 18.6 Å². The maximum absolute atomic E-state index is 11.9. The Morgan fingerprint density at radius 3 is 2.78 bits per heavy atom. The predicted molar refractivity (Wildman–Crippen MR) is 77.2 cm³/mol. The summed E-state index contributed by atoms with van der Waals surface area (Å²) in [6, 6.07) is 7.89. The van der Waals surface area contributed by atoms with Crippen LogP contribution in [0.1, 0.15) is 26.3 Å². The van der Waals surface area contributed by atoms with E-state index in [0.717, 1.165) is 16.3 Å². The van der Waals surface area contributed by atoms with Crippen molar-refractivity contribution >= 4 is 28.3 Å². The van der Waals surface area contributed by atoms with Gasteiger partial charge in [0, 0.05) is 23.3 Å². The van der Waals surface area contributed by atoms with E-state index in [1.165, 1.54) is 0 Å². The van der Waals surface area contributed by atoms with E-state index in [9.17, 15) is 4.55 Å². The first-order valence-corrected chi connectivity index (χ1v) is 6.88. The molecule has 4 heteroatoms. The summed E-state index contributed by atoms with van der Waals surface area (Å²) in [5.74, 6) is 0. The SMILES string of the molecule is CC(C)(C)[S@@+]([O-])/N=C/c1cccc2ccncc12. The molecule has 0 unspecified atom stereocenters. The number of hydrogen-bond acceptors (Lipinski definition) is 3. The molecule has 0 N–H and O–H groups in total. The van der Waals surface area contributed by atoms with Gasteiger partial charge < -0.3 is 4.55 Å². The van der Waals surface area contributed by atoms with Crippen LogP contribution in [0, 0.1) is 0 Å². The van der Waals surface area contributed by atoms with E-state index in [0.29, 0.717) is 0 Å². The van der Waals surface area contributed by atoms with Crippen LogP contribution in [0.15, 0.2) is 41.1 Å². The zero-order valence-corrected chi connectivity index (χ0v) is 11.6. The molecular formula is C14H16N2OS. The van der Waals surface area contributed by atoms with Crippen LogP contribution in [0.2, 0.25) is 0 Å². The molecule has 0 spiro atoms. The molecule has 0 aliphatic carbocycles. The first-order chi connectivity index (χ1) is 8.48. The van der Waals surface area contributed by atoms with Crippen molar-refractivity contribution in [2.45, 2.75) is 25.5 Å². The van der Waals surface area contributed by atoms with Gasteiger partial charge in [-0.1, -0.05) is 22.6 Å². The summed E-state index contributed by atoms with van der Waals surface area (Å²) in [6.07, 6.45) is 5.23. The lowest BCUT2D eigenvalue weighted by molar-refractivity contribution is 0.562. The average Bonchev–Trinajstić information content (AvgIpc) is 2.34. The van der Waals surface area contributed by atoms with Crippen LogP contribution in [0.3, 0.4) is 0 Å². The van der Waals surface area contributed by atoms with Gasteiger partial charge in [0.2, 0.25) is 0 Å². The van der Waals surface area contributed by atoms with E-state index in [-0.39, 0.29) is 4.75 Å². The Hall–Kier alpha value is -1.39. The fourth-order valence-corrected chi connectivity index (χ4v) is 2.04. The van der Waals surface area contributed by atoms with E-state index in [2.05, 4.69) is 9.38 Å². The molecule has 1 aromatic carbocycles. The average molecular weight is 260 g/mol. The number of rotatable bonds is 2. The highest BCUT2D eigenvalue weighted by Gasteiger charge is 2.25. The molecule has 94 valence electrons. The molecule has 1 atom stereocenters. The number of pyridine rings is 1. The van der Waals surface area contributed by atoms with Crippen LogP contribution >= 0.6 is 0 Å². The van der Waals surface area contributed by atoms with E-state index >= 15 is 0 Å². The standard InChI is InChI=1S/C14H16N2OS/c1-14(2,3)18(17)16-9-12-6-4-5-11-7-8-15-10-13(11)12/h4-10H,1-3H3/b16-9+/t18-/m1/s1. The lowest BCUT2D eigenvalue weighted by atomic mass is 10.1. The Kier molecular flexibility index (Phi) is 3.68. The van der Waals surface area contributed by atoms with E-state index in [1.807, 2.05) is 45.0 Å². The summed E-state index contributed by atoms with van der Waals surface area (Å²) < 4.78 is 15.7. The molecule has 1 aromatic heterocycles. The highest BCUT2D eigenvalue weighted by molar-refractivity contribution is 7.91. The number of aromatic nitrogens is 1. The minimum absolute atomic E-state index is 0.334. The maximum Gasteiger partial charge on any atom is 0.144 e. The van der Waals surface area contributed by atoms with Gasteiger partial charge in [-0.2, -0.15) is 0 Å². The molecule has 0 fully saturated rings. The Morgan fingerprint density at radius 1 is 1.28 bits per heavy atom. The fraction of sp³-hybridized carbons (Fsp3) is 0.286. The third kappa shape index (κ3) is 2.89. The molecule has 18 heavy (non-hydrogen) atoms. The summed E-state index contributed by atoms with van der Waals surface area (Å²) in [7, 11) is 0. The number of benzene rings is 1. The summed E-state index contributed by atoms with van der Waals surface area (Å²) in [4.78, 5) is 4.11. The zero-order chi connectivity index (χ0) is 13.2. The first-order valence-electron chi connectivity index (χ1n) is 5.77. The van der Waals surface area contributed by atoms with Gasteiger partial charge in [0.05, 0.1) is 6.21 Å². The van der Waals surface area contributed by atoms with Crippen LogP contribution in [0.4, 0.5) is 0 Å². The molecule has 3 nitrogen and oxygen atoms in total. The second-order valence-electron chi connectivity index (χ2n) is 5.04. The molecule has 0 saturated carbocycles. The van der Waals surface area contributed by atoms with Gasteiger partial charge in [0.1, 0.15) is 16.1 Å². The van der Waals surface area contributed by atoms with Crippen molar-refractivity contribution in [2.75, 3.05) is 0 Å². The number of nitrogens with zero attached hydrogens (tertiary/aromatic N) is 2.